The maximum absolute atomic E-state index is 14.0. The summed E-state index contributed by atoms with van der Waals surface area (Å²) in [4.78, 5) is 41.2. The van der Waals surface area contributed by atoms with E-state index in [-0.39, 0.29) is 25.7 Å². The third kappa shape index (κ3) is 5.85. The molecule has 1 saturated heterocycles. The number of hydrogen-bond donors (Lipinski definition) is 1. The fourth-order valence-corrected chi connectivity index (χ4v) is 6.15. The van der Waals surface area contributed by atoms with Crippen LogP contribution in [0.15, 0.2) is 52.6 Å². The Kier molecular flexibility index (Phi) is 8.81. The van der Waals surface area contributed by atoms with E-state index in [2.05, 4.69) is 5.32 Å². The molecule has 2 aromatic rings. The first-order valence-electron chi connectivity index (χ1n) is 13.6. The number of nitrogens with zero attached hydrogens (tertiary/aromatic N) is 1. The molecule has 12 heteroatoms. The largest absolute Gasteiger partial charge is 0.493 e. The molecule has 2 aromatic carbocycles. The van der Waals surface area contributed by atoms with Gasteiger partial charge in [0.2, 0.25) is 0 Å². The van der Waals surface area contributed by atoms with Crippen LogP contribution in [0.25, 0.3) is 6.08 Å². The number of methoxy groups -OCH3 is 1. The molecular weight excluding hydrogens is 564 g/mol. The Balaban J connectivity index is 1.50. The summed E-state index contributed by atoms with van der Waals surface area (Å²) in [5.74, 6) is 0.640. The van der Waals surface area contributed by atoms with Crippen LogP contribution in [0.1, 0.15) is 37.9 Å². The molecule has 222 valence electrons. The van der Waals surface area contributed by atoms with E-state index in [4.69, 9.17) is 28.4 Å². The third-order valence-corrected chi connectivity index (χ3v) is 7.86. The van der Waals surface area contributed by atoms with Crippen molar-refractivity contribution in [2.24, 2.45) is 0 Å². The number of nitrogens with one attached hydrogen (secondary N) is 1. The van der Waals surface area contributed by atoms with Crippen LogP contribution in [0.5, 0.6) is 23.0 Å². The van der Waals surface area contributed by atoms with Crippen molar-refractivity contribution in [1.82, 2.24) is 10.2 Å². The fraction of sp³-hybridized carbons (Fsp3) is 0.367. The van der Waals surface area contributed by atoms with Crippen molar-refractivity contribution >= 4 is 35.7 Å². The maximum atomic E-state index is 14.0. The van der Waals surface area contributed by atoms with Gasteiger partial charge in [-0.15, -0.1) is 0 Å². The molecule has 0 bridgehead atoms. The van der Waals surface area contributed by atoms with E-state index in [1.807, 2.05) is 18.2 Å². The van der Waals surface area contributed by atoms with Gasteiger partial charge in [0.25, 0.3) is 5.91 Å². The van der Waals surface area contributed by atoms with Gasteiger partial charge in [0, 0.05) is 5.70 Å². The average molecular weight is 597 g/mol. The quantitative estimate of drug-likeness (QED) is 0.336. The molecule has 1 amide bonds. The normalized spacial score (nSPS) is 20.1. The number of carbonyl (C=O) groups is 3. The fourth-order valence-electron chi connectivity index (χ4n) is 4.93. The summed E-state index contributed by atoms with van der Waals surface area (Å²) >= 11 is 1.35. The van der Waals surface area contributed by atoms with Crippen LogP contribution < -0.4 is 24.3 Å². The van der Waals surface area contributed by atoms with Gasteiger partial charge in [-0.2, -0.15) is 0 Å². The standard InChI is InChI=1S/C30H32N2O9S/c1-5-37-25(33)16-41-20-10-8-19(15-22(20)36-4)27-26(29(35)38-6-2)17(3)31-30-32(27)28(34)24(42-30)14-18-7-9-21-23(13-18)40-12-11-39-21/h7-10,13-15,27,30-31H,5-6,11-12,16H2,1-4H3/b24-14-. The van der Waals surface area contributed by atoms with Crippen LogP contribution in [0.3, 0.4) is 0 Å². The minimum Gasteiger partial charge on any atom is -0.493 e. The zero-order valence-electron chi connectivity index (χ0n) is 23.8. The molecule has 3 heterocycles. The van der Waals surface area contributed by atoms with Gasteiger partial charge >= 0.3 is 11.9 Å². The highest BCUT2D eigenvalue weighted by Gasteiger charge is 2.48. The van der Waals surface area contributed by atoms with Crippen molar-refractivity contribution in [3.8, 4) is 23.0 Å². The Morgan fingerprint density at radius 1 is 1.05 bits per heavy atom. The first kappa shape index (κ1) is 29.2. The van der Waals surface area contributed by atoms with Gasteiger partial charge in [-0.05, 0) is 62.2 Å². The second kappa shape index (κ2) is 12.7. The van der Waals surface area contributed by atoms with E-state index < -0.39 is 23.5 Å². The SMILES string of the molecule is CCOC(=O)COc1ccc(C2C(C(=O)OCC)=C(C)NC3S/C(=C\c4ccc5c(c4)OCCO5)C(=O)N32)cc1OC. The van der Waals surface area contributed by atoms with Gasteiger partial charge in [-0.25, -0.2) is 9.59 Å². The lowest BCUT2D eigenvalue weighted by atomic mass is 9.93. The van der Waals surface area contributed by atoms with E-state index in [1.165, 1.54) is 18.9 Å². The maximum Gasteiger partial charge on any atom is 0.344 e. The van der Waals surface area contributed by atoms with E-state index in [0.717, 1.165) is 5.56 Å². The number of fused-ring (bicyclic) bond motifs is 2. The molecule has 3 aliphatic heterocycles. The van der Waals surface area contributed by atoms with Crippen molar-refractivity contribution in [2.75, 3.05) is 40.1 Å². The first-order valence-corrected chi connectivity index (χ1v) is 14.4. The summed E-state index contributed by atoms with van der Waals surface area (Å²) in [7, 11) is 1.47. The Morgan fingerprint density at radius 3 is 2.55 bits per heavy atom. The molecule has 0 aliphatic carbocycles. The second-order valence-electron chi connectivity index (χ2n) is 9.40. The average Bonchev–Trinajstić information content (AvgIpc) is 3.29. The van der Waals surface area contributed by atoms with Crippen molar-refractivity contribution in [2.45, 2.75) is 32.3 Å². The van der Waals surface area contributed by atoms with Gasteiger partial charge < -0.3 is 33.7 Å². The Morgan fingerprint density at radius 2 is 1.81 bits per heavy atom. The highest BCUT2D eigenvalue weighted by molar-refractivity contribution is 8.05. The van der Waals surface area contributed by atoms with E-state index in [9.17, 15) is 14.4 Å². The van der Waals surface area contributed by atoms with Crippen molar-refractivity contribution in [3.63, 3.8) is 0 Å². The van der Waals surface area contributed by atoms with Gasteiger partial charge in [-0.1, -0.05) is 23.9 Å². The highest BCUT2D eigenvalue weighted by Crippen LogP contribution is 2.48. The first-order chi connectivity index (χ1) is 20.3. The molecule has 0 radical (unpaired) electrons. The molecule has 0 saturated carbocycles. The van der Waals surface area contributed by atoms with Gasteiger partial charge in [0.1, 0.15) is 13.2 Å². The summed E-state index contributed by atoms with van der Waals surface area (Å²) in [6, 6.07) is 9.82. The van der Waals surface area contributed by atoms with Crippen molar-refractivity contribution in [3.05, 3.63) is 63.7 Å². The predicted octanol–water partition coefficient (Wildman–Crippen LogP) is 3.79. The Hall–Kier alpha value is -4.32. The van der Waals surface area contributed by atoms with Crippen LogP contribution in [0.4, 0.5) is 0 Å². The number of ether oxygens (including phenoxy) is 6. The lowest BCUT2D eigenvalue weighted by molar-refractivity contribution is -0.145. The Bertz CT molecular complexity index is 1450. The molecule has 0 spiro atoms. The molecule has 42 heavy (non-hydrogen) atoms. The van der Waals surface area contributed by atoms with Crippen LogP contribution >= 0.6 is 11.8 Å². The molecule has 5 rings (SSSR count). The number of allylic oxidation sites excluding steroid dienone is 1. The smallest absolute Gasteiger partial charge is 0.344 e. The number of amides is 1. The molecule has 0 aromatic heterocycles. The van der Waals surface area contributed by atoms with Crippen molar-refractivity contribution in [1.29, 1.82) is 0 Å². The number of carbonyl (C=O) groups excluding carboxylic acids is 3. The molecule has 2 unspecified atom stereocenters. The zero-order valence-corrected chi connectivity index (χ0v) is 24.6. The molecule has 11 nitrogen and oxygen atoms in total. The Labute approximate surface area is 247 Å². The lowest BCUT2D eigenvalue weighted by Gasteiger charge is -2.39. The lowest BCUT2D eigenvalue weighted by Crippen LogP contribution is -2.50. The highest BCUT2D eigenvalue weighted by atomic mass is 32.2. The summed E-state index contributed by atoms with van der Waals surface area (Å²) < 4.78 is 32.8. The molecular formula is C30H32N2O9S. The summed E-state index contributed by atoms with van der Waals surface area (Å²) in [6.45, 7) is 6.30. The number of rotatable bonds is 9. The number of benzene rings is 2. The van der Waals surface area contributed by atoms with E-state index in [1.54, 1.807) is 49.9 Å². The summed E-state index contributed by atoms with van der Waals surface area (Å²) in [5.41, 5.74) is 1.83. The van der Waals surface area contributed by atoms with E-state index in [0.29, 0.717) is 58.0 Å². The summed E-state index contributed by atoms with van der Waals surface area (Å²) in [5, 5.41) is 3.30. The number of hydrogen-bond acceptors (Lipinski definition) is 11. The minimum atomic E-state index is -0.783. The van der Waals surface area contributed by atoms with Crippen LogP contribution in [0.2, 0.25) is 0 Å². The third-order valence-electron chi connectivity index (χ3n) is 6.75. The van der Waals surface area contributed by atoms with E-state index >= 15 is 0 Å². The number of esters is 2. The predicted molar refractivity (Wildman–Crippen MR) is 154 cm³/mol. The van der Waals surface area contributed by atoms with Gasteiger partial charge in [-0.3, -0.25) is 9.69 Å². The molecule has 1 N–H and O–H groups in total. The molecule has 2 atom stereocenters. The topological polar surface area (TPSA) is 122 Å². The number of thioether (sulfide) groups is 1. The van der Waals surface area contributed by atoms with Crippen LogP contribution in [0, 0.1) is 0 Å². The van der Waals surface area contributed by atoms with Crippen LogP contribution in [-0.2, 0) is 23.9 Å². The van der Waals surface area contributed by atoms with Gasteiger partial charge in [0.05, 0.1) is 36.8 Å². The van der Waals surface area contributed by atoms with Crippen LogP contribution in [-0.4, -0.2) is 68.4 Å². The second-order valence-corrected chi connectivity index (χ2v) is 10.5. The van der Waals surface area contributed by atoms with Crippen molar-refractivity contribution < 1.29 is 42.8 Å². The zero-order chi connectivity index (χ0) is 29.8. The summed E-state index contributed by atoms with van der Waals surface area (Å²) in [6.07, 6.45) is 1.80. The molecule has 1 fully saturated rings. The monoisotopic (exact) mass is 596 g/mol. The van der Waals surface area contributed by atoms with Gasteiger partial charge in [0.15, 0.2) is 35.1 Å². The molecule has 3 aliphatic rings. The minimum absolute atomic E-state index is 0.174.